The molecular weight excluding hydrogens is 293 g/mol. The smallest absolute Gasteiger partial charge is 0.123 e. The number of halogens is 2. The van der Waals surface area contributed by atoms with Gasteiger partial charge in [-0.05, 0) is 54.3 Å². The number of benzene rings is 2. The maximum Gasteiger partial charge on any atom is 0.123 e. The standard InChI is InChI=1S/C15H15BrFN/c1-9-8-12(17)4-5-13(9)15(18)11-3-6-14(16)10(2)7-11/h3-8,15H,18H2,1-2H3. The van der Waals surface area contributed by atoms with E-state index in [2.05, 4.69) is 22.0 Å². The Hall–Kier alpha value is -1.19. The summed E-state index contributed by atoms with van der Waals surface area (Å²) in [6, 6.07) is 10.5. The van der Waals surface area contributed by atoms with Crippen LogP contribution in [-0.2, 0) is 0 Å². The molecule has 2 aromatic carbocycles. The van der Waals surface area contributed by atoms with Gasteiger partial charge in [0.1, 0.15) is 5.82 Å². The molecule has 0 heterocycles. The van der Waals surface area contributed by atoms with Gasteiger partial charge >= 0.3 is 0 Å². The summed E-state index contributed by atoms with van der Waals surface area (Å²) < 4.78 is 14.1. The van der Waals surface area contributed by atoms with E-state index in [4.69, 9.17) is 5.73 Å². The van der Waals surface area contributed by atoms with Crippen molar-refractivity contribution in [2.75, 3.05) is 0 Å². The van der Waals surface area contributed by atoms with E-state index in [1.807, 2.05) is 26.0 Å². The van der Waals surface area contributed by atoms with E-state index in [9.17, 15) is 4.39 Å². The molecule has 0 saturated carbocycles. The van der Waals surface area contributed by atoms with Crippen molar-refractivity contribution in [2.24, 2.45) is 5.73 Å². The van der Waals surface area contributed by atoms with Gasteiger partial charge < -0.3 is 5.73 Å². The quantitative estimate of drug-likeness (QED) is 0.881. The summed E-state index contributed by atoms with van der Waals surface area (Å²) in [5, 5.41) is 0. The molecule has 2 aromatic rings. The Morgan fingerprint density at radius 1 is 1.06 bits per heavy atom. The predicted molar refractivity (Wildman–Crippen MR) is 76.0 cm³/mol. The van der Waals surface area contributed by atoms with E-state index in [1.54, 1.807) is 6.07 Å². The lowest BCUT2D eigenvalue weighted by Gasteiger charge is -2.16. The first kappa shape index (κ1) is 13.2. The van der Waals surface area contributed by atoms with Crippen LogP contribution in [0.5, 0.6) is 0 Å². The lowest BCUT2D eigenvalue weighted by Crippen LogP contribution is -2.13. The highest BCUT2D eigenvalue weighted by atomic mass is 79.9. The Bertz CT molecular complexity index is 581. The highest BCUT2D eigenvalue weighted by Crippen LogP contribution is 2.26. The molecule has 3 heteroatoms. The third kappa shape index (κ3) is 2.62. The summed E-state index contributed by atoms with van der Waals surface area (Å²) in [7, 11) is 0. The Labute approximate surface area is 115 Å². The molecule has 94 valence electrons. The molecule has 0 aliphatic rings. The van der Waals surface area contributed by atoms with Crippen LogP contribution in [-0.4, -0.2) is 0 Å². The van der Waals surface area contributed by atoms with Crippen LogP contribution in [0.4, 0.5) is 4.39 Å². The molecule has 18 heavy (non-hydrogen) atoms. The van der Waals surface area contributed by atoms with Gasteiger partial charge in [0.05, 0.1) is 6.04 Å². The van der Waals surface area contributed by atoms with Crippen LogP contribution in [0.2, 0.25) is 0 Å². The van der Waals surface area contributed by atoms with Gasteiger partial charge in [-0.15, -0.1) is 0 Å². The molecule has 0 amide bonds. The fourth-order valence-corrected chi connectivity index (χ4v) is 2.28. The van der Waals surface area contributed by atoms with Gasteiger partial charge in [-0.2, -0.15) is 0 Å². The summed E-state index contributed by atoms with van der Waals surface area (Å²) in [4.78, 5) is 0. The maximum absolute atomic E-state index is 13.1. The first-order valence-corrected chi connectivity index (χ1v) is 6.56. The molecule has 0 aliphatic carbocycles. The van der Waals surface area contributed by atoms with Crippen molar-refractivity contribution < 1.29 is 4.39 Å². The molecule has 1 unspecified atom stereocenters. The van der Waals surface area contributed by atoms with Crippen molar-refractivity contribution in [2.45, 2.75) is 19.9 Å². The first-order valence-electron chi connectivity index (χ1n) is 5.76. The highest BCUT2D eigenvalue weighted by Gasteiger charge is 2.12. The highest BCUT2D eigenvalue weighted by molar-refractivity contribution is 9.10. The summed E-state index contributed by atoms with van der Waals surface area (Å²) in [5.74, 6) is -0.226. The molecule has 2 N–H and O–H groups in total. The van der Waals surface area contributed by atoms with E-state index < -0.39 is 0 Å². The summed E-state index contributed by atoms with van der Waals surface area (Å²) in [5.41, 5.74) is 10.3. The number of hydrogen-bond donors (Lipinski definition) is 1. The predicted octanol–water partition coefficient (Wildman–Crippen LogP) is 4.25. The maximum atomic E-state index is 13.1. The van der Waals surface area contributed by atoms with Gasteiger partial charge in [0, 0.05) is 4.47 Å². The van der Waals surface area contributed by atoms with Crippen molar-refractivity contribution in [3.05, 3.63) is 68.9 Å². The summed E-state index contributed by atoms with van der Waals surface area (Å²) in [6.45, 7) is 3.90. The van der Waals surface area contributed by atoms with Crippen LogP contribution in [0.15, 0.2) is 40.9 Å². The van der Waals surface area contributed by atoms with Crippen molar-refractivity contribution in [3.63, 3.8) is 0 Å². The number of aryl methyl sites for hydroxylation is 2. The third-order valence-corrected chi connectivity index (χ3v) is 4.00. The van der Waals surface area contributed by atoms with Crippen molar-refractivity contribution in [3.8, 4) is 0 Å². The Balaban J connectivity index is 2.41. The minimum absolute atomic E-state index is 0.225. The van der Waals surface area contributed by atoms with E-state index in [0.717, 1.165) is 26.7 Å². The average molecular weight is 308 g/mol. The monoisotopic (exact) mass is 307 g/mol. The van der Waals surface area contributed by atoms with Gasteiger partial charge in [-0.25, -0.2) is 4.39 Å². The molecular formula is C15H15BrFN. The second-order valence-electron chi connectivity index (χ2n) is 4.49. The summed E-state index contributed by atoms with van der Waals surface area (Å²) in [6.07, 6.45) is 0. The van der Waals surface area contributed by atoms with Gasteiger partial charge in [-0.3, -0.25) is 0 Å². The van der Waals surface area contributed by atoms with E-state index in [1.165, 1.54) is 12.1 Å². The molecule has 1 atom stereocenters. The number of rotatable bonds is 2. The Kier molecular flexibility index (Phi) is 3.83. The second-order valence-corrected chi connectivity index (χ2v) is 5.34. The number of nitrogens with two attached hydrogens (primary N) is 1. The van der Waals surface area contributed by atoms with Crippen molar-refractivity contribution in [1.29, 1.82) is 0 Å². The fourth-order valence-electron chi connectivity index (χ4n) is 2.03. The zero-order valence-electron chi connectivity index (χ0n) is 10.4. The summed E-state index contributed by atoms with van der Waals surface area (Å²) >= 11 is 3.47. The zero-order chi connectivity index (χ0) is 13.3. The van der Waals surface area contributed by atoms with Crippen LogP contribution in [0.25, 0.3) is 0 Å². The second kappa shape index (κ2) is 5.21. The largest absolute Gasteiger partial charge is 0.320 e. The SMILES string of the molecule is Cc1cc(C(N)c2ccc(F)cc2C)ccc1Br. The van der Waals surface area contributed by atoms with Crippen molar-refractivity contribution in [1.82, 2.24) is 0 Å². The Morgan fingerprint density at radius 2 is 1.78 bits per heavy atom. The lowest BCUT2D eigenvalue weighted by atomic mass is 9.95. The molecule has 0 saturated heterocycles. The van der Waals surface area contributed by atoms with Gasteiger partial charge in [0.15, 0.2) is 0 Å². The molecule has 0 radical (unpaired) electrons. The zero-order valence-corrected chi connectivity index (χ0v) is 12.0. The molecule has 1 nitrogen and oxygen atoms in total. The molecule has 0 aliphatic heterocycles. The van der Waals surface area contributed by atoms with E-state index in [0.29, 0.717) is 0 Å². The van der Waals surface area contributed by atoms with Gasteiger partial charge in [-0.1, -0.05) is 34.1 Å². The topological polar surface area (TPSA) is 26.0 Å². The van der Waals surface area contributed by atoms with E-state index >= 15 is 0 Å². The molecule has 0 fully saturated rings. The van der Waals surface area contributed by atoms with Gasteiger partial charge in [0.2, 0.25) is 0 Å². The van der Waals surface area contributed by atoms with Gasteiger partial charge in [0.25, 0.3) is 0 Å². The van der Waals surface area contributed by atoms with Crippen LogP contribution in [0, 0.1) is 19.7 Å². The van der Waals surface area contributed by atoms with E-state index in [-0.39, 0.29) is 11.9 Å². The third-order valence-electron chi connectivity index (χ3n) is 3.11. The molecule has 0 aromatic heterocycles. The minimum Gasteiger partial charge on any atom is -0.320 e. The Morgan fingerprint density at radius 3 is 2.39 bits per heavy atom. The minimum atomic E-state index is -0.226. The molecule has 2 rings (SSSR count). The lowest BCUT2D eigenvalue weighted by molar-refractivity contribution is 0.624. The molecule has 0 spiro atoms. The van der Waals surface area contributed by atoms with Crippen molar-refractivity contribution >= 4 is 15.9 Å². The normalized spacial score (nSPS) is 12.5. The fraction of sp³-hybridized carbons (Fsp3) is 0.200. The first-order chi connectivity index (χ1) is 8.49. The number of hydrogen-bond acceptors (Lipinski definition) is 1. The average Bonchev–Trinajstić information content (AvgIpc) is 2.32. The van der Waals surface area contributed by atoms with Crippen LogP contribution >= 0.6 is 15.9 Å². The van der Waals surface area contributed by atoms with Crippen LogP contribution in [0.3, 0.4) is 0 Å². The van der Waals surface area contributed by atoms with Crippen LogP contribution in [0.1, 0.15) is 28.3 Å². The van der Waals surface area contributed by atoms with Crippen LogP contribution < -0.4 is 5.73 Å². The molecule has 0 bridgehead atoms.